The molecule has 0 rings (SSSR count). The van der Waals surface area contributed by atoms with Gasteiger partial charge >= 0.3 is 11.9 Å². The van der Waals surface area contributed by atoms with Gasteiger partial charge in [0.15, 0.2) is 6.10 Å². The third-order valence-electron chi connectivity index (χ3n) is 8.99. The minimum Gasteiger partial charge on any atom is -0.756 e. The molecule has 0 aliphatic rings. The Labute approximate surface area is 343 Å². The number of hydrogen-bond acceptors (Lipinski definition) is 8. The molecule has 0 heterocycles. The second-order valence-electron chi connectivity index (χ2n) is 15.7. The number of esters is 2. The van der Waals surface area contributed by atoms with Gasteiger partial charge in [-0.15, -0.1) is 0 Å². The first-order valence-corrected chi connectivity index (χ1v) is 23.5. The topological polar surface area (TPSA) is 111 Å². The van der Waals surface area contributed by atoms with Gasteiger partial charge in [0.25, 0.3) is 7.82 Å². The summed E-state index contributed by atoms with van der Waals surface area (Å²) in [4.78, 5) is 37.5. The normalized spacial score (nSPS) is 14.2. The first-order chi connectivity index (χ1) is 27.0. The van der Waals surface area contributed by atoms with Crippen LogP contribution in [0.3, 0.4) is 0 Å². The molecule has 1 unspecified atom stereocenters. The van der Waals surface area contributed by atoms with Gasteiger partial charge in [-0.25, -0.2) is 0 Å². The van der Waals surface area contributed by atoms with Crippen LogP contribution in [0.25, 0.3) is 0 Å². The van der Waals surface area contributed by atoms with E-state index >= 15 is 0 Å². The van der Waals surface area contributed by atoms with Crippen LogP contribution in [-0.4, -0.2) is 70.0 Å². The molecular formula is C46H82NO8P. The lowest BCUT2D eigenvalue weighted by Crippen LogP contribution is -2.37. The molecule has 0 saturated carbocycles. The lowest BCUT2D eigenvalue weighted by Gasteiger charge is -2.28. The lowest BCUT2D eigenvalue weighted by atomic mass is 10.1. The molecule has 0 aromatic rings. The van der Waals surface area contributed by atoms with E-state index in [9.17, 15) is 19.0 Å². The van der Waals surface area contributed by atoms with E-state index in [2.05, 4.69) is 74.6 Å². The molecule has 0 spiro atoms. The maximum Gasteiger partial charge on any atom is 0.306 e. The maximum absolute atomic E-state index is 12.7. The van der Waals surface area contributed by atoms with E-state index in [4.69, 9.17) is 18.5 Å². The summed E-state index contributed by atoms with van der Waals surface area (Å²) in [6.45, 7) is 4.08. The van der Waals surface area contributed by atoms with Gasteiger partial charge in [0.1, 0.15) is 19.8 Å². The van der Waals surface area contributed by atoms with Crippen LogP contribution in [0.2, 0.25) is 0 Å². The third kappa shape index (κ3) is 41.3. The Bertz CT molecular complexity index is 1140. The lowest BCUT2D eigenvalue weighted by molar-refractivity contribution is -0.870. The van der Waals surface area contributed by atoms with Crippen LogP contribution in [0, 0.1) is 0 Å². The molecule has 10 heteroatoms. The predicted octanol–water partition coefficient (Wildman–Crippen LogP) is 11.8. The van der Waals surface area contributed by atoms with Gasteiger partial charge in [-0.1, -0.05) is 145 Å². The summed E-state index contributed by atoms with van der Waals surface area (Å²) in [7, 11) is 1.14. The molecule has 0 saturated heterocycles. The number of nitrogens with zero attached hydrogens (tertiary/aromatic N) is 1. The molecule has 9 nitrogen and oxygen atoms in total. The molecule has 0 aromatic heterocycles. The molecule has 0 bridgehead atoms. The number of rotatable bonds is 39. The maximum atomic E-state index is 12.7. The highest BCUT2D eigenvalue weighted by molar-refractivity contribution is 7.45. The zero-order chi connectivity index (χ0) is 41.4. The van der Waals surface area contributed by atoms with Crippen LogP contribution in [0.15, 0.2) is 60.8 Å². The van der Waals surface area contributed by atoms with Crippen molar-refractivity contribution >= 4 is 19.8 Å². The highest BCUT2D eigenvalue weighted by Gasteiger charge is 2.21. The number of allylic oxidation sites excluding steroid dienone is 10. The summed E-state index contributed by atoms with van der Waals surface area (Å²) < 4.78 is 33.9. The van der Waals surface area contributed by atoms with E-state index in [0.717, 1.165) is 64.2 Å². The highest BCUT2D eigenvalue weighted by atomic mass is 31.2. The van der Waals surface area contributed by atoms with Gasteiger partial charge in [0.2, 0.25) is 0 Å². The van der Waals surface area contributed by atoms with Crippen molar-refractivity contribution in [3.05, 3.63) is 60.8 Å². The second-order valence-corrected chi connectivity index (χ2v) is 17.1. The van der Waals surface area contributed by atoms with E-state index in [-0.39, 0.29) is 26.1 Å². The zero-order valence-corrected chi connectivity index (χ0v) is 37.2. The number of hydrogen-bond donors (Lipinski definition) is 0. The number of phosphoric acid groups is 1. The van der Waals surface area contributed by atoms with Crippen molar-refractivity contribution in [2.45, 2.75) is 174 Å². The molecule has 0 fully saturated rings. The van der Waals surface area contributed by atoms with Crippen molar-refractivity contribution in [2.75, 3.05) is 47.5 Å². The fraction of sp³-hybridized carbons (Fsp3) is 0.739. The minimum absolute atomic E-state index is 0.0388. The molecule has 0 N–H and O–H groups in total. The SMILES string of the molecule is CCC/C=C/C/C=C/C/C=C/C/C=C/CCCCCC(=O)OC[C@H](COP(=O)([O-])OCC[N+](C)(C)C)OC(=O)CCCCCCCCCCC/C=C/CCCC. The van der Waals surface area contributed by atoms with Crippen LogP contribution in [0.5, 0.6) is 0 Å². The Balaban J connectivity index is 4.42. The van der Waals surface area contributed by atoms with Crippen LogP contribution >= 0.6 is 7.82 Å². The predicted molar refractivity (Wildman–Crippen MR) is 231 cm³/mol. The first-order valence-electron chi connectivity index (χ1n) is 22.0. The van der Waals surface area contributed by atoms with Crippen molar-refractivity contribution in [1.29, 1.82) is 0 Å². The minimum atomic E-state index is -4.63. The number of unbranched alkanes of at least 4 members (excludes halogenated alkanes) is 15. The van der Waals surface area contributed by atoms with Crippen molar-refractivity contribution in [3.63, 3.8) is 0 Å². The number of ether oxygens (including phenoxy) is 2. The molecule has 2 atom stereocenters. The summed E-state index contributed by atoms with van der Waals surface area (Å²) in [6, 6.07) is 0. The van der Waals surface area contributed by atoms with Crippen molar-refractivity contribution in [3.8, 4) is 0 Å². The number of carbonyl (C=O) groups excluding carboxylic acids is 2. The third-order valence-corrected chi connectivity index (χ3v) is 9.96. The van der Waals surface area contributed by atoms with Crippen LogP contribution in [-0.2, 0) is 32.7 Å². The Hall–Kier alpha value is -2.29. The monoisotopic (exact) mass is 808 g/mol. The molecule has 0 aromatic carbocycles. The molecular weight excluding hydrogens is 725 g/mol. The molecule has 0 radical (unpaired) electrons. The van der Waals surface area contributed by atoms with Gasteiger partial charge in [-0.05, 0) is 70.6 Å². The van der Waals surface area contributed by atoms with Crippen LogP contribution in [0.1, 0.15) is 168 Å². The van der Waals surface area contributed by atoms with E-state index in [1.807, 2.05) is 21.1 Å². The molecule has 324 valence electrons. The first kappa shape index (κ1) is 53.7. The van der Waals surface area contributed by atoms with E-state index in [0.29, 0.717) is 23.9 Å². The smallest absolute Gasteiger partial charge is 0.306 e. The molecule has 0 amide bonds. The van der Waals surface area contributed by atoms with Crippen molar-refractivity contribution < 1.29 is 42.1 Å². The average Bonchev–Trinajstić information content (AvgIpc) is 3.15. The molecule has 0 aliphatic carbocycles. The Morgan fingerprint density at radius 3 is 1.54 bits per heavy atom. The standard InChI is InChI=1S/C46H82NO8P/c1-6-8-10-12-14-16-18-20-22-23-25-26-28-30-32-34-36-38-45(48)52-42-44(43-54-56(50,51)53-41-40-47(3,4)5)55-46(49)39-37-35-33-31-29-27-24-21-19-17-15-13-11-9-7-2/h10,12-13,15-16,18,22-23,26,28,44H,6-9,11,14,17,19-21,24-25,27,29-43H2,1-5H3/b12-10+,15-13+,18-16+,23-22+,28-26+/t44-/m1/s1. The van der Waals surface area contributed by atoms with E-state index < -0.39 is 32.5 Å². The average molecular weight is 808 g/mol. The summed E-state index contributed by atoms with van der Waals surface area (Å²) in [5, 5.41) is 0. The van der Waals surface area contributed by atoms with Gasteiger partial charge in [-0.3, -0.25) is 14.2 Å². The van der Waals surface area contributed by atoms with Crippen molar-refractivity contribution in [2.24, 2.45) is 0 Å². The summed E-state index contributed by atoms with van der Waals surface area (Å²) in [5.41, 5.74) is 0. The number of likely N-dealkylation sites (N-methyl/N-ethyl adjacent to an activating group) is 1. The van der Waals surface area contributed by atoms with Gasteiger partial charge < -0.3 is 27.9 Å². The summed E-state index contributed by atoms with van der Waals surface area (Å²) in [5.74, 6) is -0.877. The molecule has 56 heavy (non-hydrogen) atoms. The Morgan fingerprint density at radius 1 is 0.554 bits per heavy atom. The summed E-state index contributed by atoms with van der Waals surface area (Å²) in [6.07, 6.45) is 45.3. The zero-order valence-electron chi connectivity index (χ0n) is 36.3. The second kappa shape index (κ2) is 38.2. The van der Waals surface area contributed by atoms with Crippen molar-refractivity contribution in [1.82, 2.24) is 0 Å². The van der Waals surface area contributed by atoms with E-state index in [1.54, 1.807) is 0 Å². The Kier molecular flexibility index (Phi) is 36.7. The number of carbonyl (C=O) groups is 2. The quantitative estimate of drug-likeness (QED) is 0.0198. The van der Waals surface area contributed by atoms with Crippen LogP contribution in [0.4, 0.5) is 0 Å². The van der Waals surface area contributed by atoms with Gasteiger partial charge in [0, 0.05) is 12.8 Å². The number of quaternary nitrogens is 1. The van der Waals surface area contributed by atoms with E-state index in [1.165, 1.54) is 64.2 Å². The molecule has 0 aliphatic heterocycles. The Morgan fingerprint density at radius 2 is 1.00 bits per heavy atom. The van der Waals surface area contributed by atoms with Crippen LogP contribution < -0.4 is 4.89 Å². The largest absolute Gasteiger partial charge is 0.756 e. The highest BCUT2D eigenvalue weighted by Crippen LogP contribution is 2.38. The van der Waals surface area contributed by atoms with Gasteiger partial charge in [-0.2, -0.15) is 0 Å². The fourth-order valence-electron chi connectivity index (χ4n) is 5.51. The fourth-order valence-corrected chi connectivity index (χ4v) is 6.24. The summed E-state index contributed by atoms with van der Waals surface area (Å²) >= 11 is 0. The number of phosphoric ester groups is 1. The van der Waals surface area contributed by atoms with Gasteiger partial charge in [0.05, 0.1) is 27.7 Å².